The molecule has 0 aromatic rings. The second kappa shape index (κ2) is 3.17. The molecule has 2 nitrogen and oxygen atoms in total. The van der Waals surface area contributed by atoms with Crippen LogP contribution in [-0.2, 0) is 0 Å². The van der Waals surface area contributed by atoms with E-state index in [9.17, 15) is 0 Å². The van der Waals surface area contributed by atoms with Gasteiger partial charge in [0.15, 0.2) is 11.8 Å². The highest BCUT2D eigenvalue weighted by Crippen LogP contribution is 2.25. The predicted molar refractivity (Wildman–Crippen MR) is 50.7 cm³/mol. The third kappa shape index (κ3) is 1.69. The second-order valence-electron chi connectivity index (χ2n) is 4.25. The molecule has 2 saturated carbocycles. The van der Waals surface area contributed by atoms with E-state index in [4.69, 9.17) is 5.73 Å². The summed E-state index contributed by atoms with van der Waals surface area (Å²) in [5, 5.41) is 0. The molecule has 2 heteroatoms. The highest BCUT2D eigenvalue weighted by molar-refractivity contribution is 5.80. The van der Waals surface area contributed by atoms with E-state index in [0.717, 1.165) is 6.04 Å². The molecule has 0 saturated heterocycles. The van der Waals surface area contributed by atoms with Crippen molar-refractivity contribution in [2.75, 3.05) is 7.05 Å². The summed E-state index contributed by atoms with van der Waals surface area (Å²) in [5.74, 6) is 0. The van der Waals surface area contributed by atoms with Crippen LogP contribution < -0.4 is 5.73 Å². The molecule has 68 valence electrons. The Hall–Kier alpha value is -0.370. The van der Waals surface area contributed by atoms with Crippen LogP contribution >= 0.6 is 0 Å². The van der Waals surface area contributed by atoms with Crippen molar-refractivity contribution in [1.29, 1.82) is 0 Å². The Morgan fingerprint density at radius 2 is 1.75 bits per heavy atom. The first-order valence-electron chi connectivity index (χ1n) is 5.10. The fourth-order valence-electron chi connectivity index (χ4n) is 2.05. The van der Waals surface area contributed by atoms with Crippen LogP contribution in [0.1, 0.15) is 38.5 Å². The third-order valence-corrected chi connectivity index (χ3v) is 3.20. The monoisotopic (exact) mass is 167 g/mol. The molecule has 2 fully saturated rings. The van der Waals surface area contributed by atoms with Crippen LogP contribution in [0.25, 0.3) is 0 Å². The normalized spacial score (nSPS) is 30.5. The van der Waals surface area contributed by atoms with E-state index >= 15 is 0 Å². The van der Waals surface area contributed by atoms with E-state index in [0.29, 0.717) is 6.04 Å². The van der Waals surface area contributed by atoms with Crippen LogP contribution in [0.3, 0.4) is 0 Å². The minimum absolute atomic E-state index is 0.473. The molecule has 0 aromatic carbocycles. The van der Waals surface area contributed by atoms with Crippen molar-refractivity contribution < 1.29 is 4.58 Å². The lowest BCUT2D eigenvalue weighted by Crippen LogP contribution is -2.31. The average Bonchev–Trinajstić information content (AvgIpc) is 2.87. The molecule has 0 atom stereocenters. The van der Waals surface area contributed by atoms with Crippen molar-refractivity contribution in [3.63, 3.8) is 0 Å². The summed E-state index contributed by atoms with van der Waals surface area (Å²) in [6, 6.07) is 1.36. The molecule has 2 N–H and O–H groups in total. The molecule has 0 amide bonds. The van der Waals surface area contributed by atoms with Gasteiger partial charge in [0.25, 0.3) is 0 Å². The van der Waals surface area contributed by atoms with Gasteiger partial charge in [0, 0.05) is 31.7 Å². The lowest BCUT2D eigenvalue weighted by atomic mass is 9.94. The van der Waals surface area contributed by atoms with Crippen molar-refractivity contribution >= 4 is 5.71 Å². The van der Waals surface area contributed by atoms with Crippen LogP contribution in [0.2, 0.25) is 0 Å². The molecule has 0 aliphatic heterocycles. The molecule has 0 bridgehead atoms. The molecule has 0 heterocycles. The van der Waals surface area contributed by atoms with Crippen LogP contribution in [0.15, 0.2) is 0 Å². The summed E-state index contributed by atoms with van der Waals surface area (Å²) in [5.41, 5.74) is 7.51. The number of hydrogen-bond donors (Lipinski definition) is 1. The first-order valence-corrected chi connectivity index (χ1v) is 5.10. The van der Waals surface area contributed by atoms with Crippen LogP contribution in [0, 0.1) is 0 Å². The number of nitrogens with two attached hydrogens (primary N) is 1. The van der Waals surface area contributed by atoms with Gasteiger partial charge < -0.3 is 5.73 Å². The van der Waals surface area contributed by atoms with Crippen molar-refractivity contribution in [1.82, 2.24) is 0 Å². The minimum Gasteiger partial charge on any atom is -0.328 e. The number of rotatable bonds is 1. The molecule has 0 spiro atoms. The molecular formula is C10H19N2+. The zero-order chi connectivity index (χ0) is 8.55. The van der Waals surface area contributed by atoms with Gasteiger partial charge in [-0.1, -0.05) is 0 Å². The van der Waals surface area contributed by atoms with Gasteiger partial charge in [-0.15, -0.1) is 0 Å². The van der Waals surface area contributed by atoms with Gasteiger partial charge in [-0.05, 0) is 12.8 Å². The van der Waals surface area contributed by atoms with Gasteiger partial charge in [0.1, 0.15) is 7.05 Å². The van der Waals surface area contributed by atoms with Gasteiger partial charge in [-0.25, -0.2) is 4.58 Å². The fourth-order valence-corrected chi connectivity index (χ4v) is 2.05. The highest BCUT2D eigenvalue weighted by Gasteiger charge is 2.33. The standard InChI is InChI=1S/C10H19N2/c1-12(10-6-7-10)9-4-2-8(11)3-5-9/h8,10H,2-7,11H2,1H3/q+1. The molecule has 2 rings (SSSR count). The van der Waals surface area contributed by atoms with E-state index in [1.807, 2.05) is 0 Å². The summed E-state index contributed by atoms with van der Waals surface area (Å²) in [6.07, 6.45) is 7.71. The van der Waals surface area contributed by atoms with E-state index in [1.165, 1.54) is 38.5 Å². The summed E-state index contributed by atoms with van der Waals surface area (Å²) in [7, 11) is 2.25. The summed E-state index contributed by atoms with van der Waals surface area (Å²) >= 11 is 0. The van der Waals surface area contributed by atoms with E-state index in [-0.39, 0.29) is 0 Å². The maximum Gasteiger partial charge on any atom is 0.152 e. The van der Waals surface area contributed by atoms with Crippen molar-refractivity contribution in [2.24, 2.45) is 5.73 Å². The smallest absolute Gasteiger partial charge is 0.152 e. The predicted octanol–water partition coefficient (Wildman–Crippen LogP) is 1.13. The van der Waals surface area contributed by atoms with Crippen molar-refractivity contribution in [2.45, 2.75) is 50.6 Å². The van der Waals surface area contributed by atoms with Crippen molar-refractivity contribution in [3.8, 4) is 0 Å². The molecule has 0 radical (unpaired) electrons. The lowest BCUT2D eigenvalue weighted by molar-refractivity contribution is -0.514. The molecule has 0 aromatic heterocycles. The Bertz CT molecular complexity index is 194. The van der Waals surface area contributed by atoms with Crippen molar-refractivity contribution in [3.05, 3.63) is 0 Å². The molecule has 2 aliphatic rings. The Morgan fingerprint density at radius 1 is 1.17 bits per heavy atom. The van der Waals surface area contributed by atoms with Gasteiger partial charge in [0.05, 0.1) is 0 Å². The third-order valence-electron chi connectivity index (χ3n) is 3.20. The Labute approximate surface area is 74.5 Å². The van der Waals surface area contributed by atoms with Crippen LogP contribution in [0.5, 0.6) is 0 Å². The Morgan fingerprint density at radius 3 is 2.25 bits per heavy atom. The first-order chi connectivity index (χ1) is 5.77. The minimum atomic E-state index is 0.473. The summed E-state index contributed by atoms with van der Waals surface area (Å²) < 4.78 is 2.51. The highest BCUT2D eigenvalue weighted by atomic mass is 15.0. The largest absolute Gasteiger partial charge is 0.328 e. The van der Waals surface area contributed by atoms with Gasteiger partial charge in [-0.3, -0.25) is 0 Å². The SMILES string of the molecule is C[N+](=C1CCC(N)CC1)C1CC1. The maximum atomic E-state index is 5.86. The Balaban J connectivity index is 1.98. The van der Waals surface area contributed by atoms with Gasteiger partial charge >= 0.3 is 0 Å². The van der Waals surface area contributed by atoms with E-state index in [2.05, 4.69) is 11.6 Å². The average molecular weight is 167 g/mol. The zero-order valence-electron chi connectivity index (χ0n) is 7.92. The van der Waals surface area contributed by atoms with E-state index < -0.39 is 0 Å². The number of nitrogens with zero attached hydrogens (tertiary/aromatic N) is 1. The second-order valence-corrected chi connectivity index (χ2v) is 4.25. The maximum absolute atomic E-state index is 5.86. The fraction of sp³-hybridized carbons (Fsp3) is 0.900. The molecule has 0 unspecified atom stereocenters. The number of hydrogen-bond acceptors (Lipinski definition) is 1. The quantitative estimate of drug-likeness (QED) is 0.583. The topological polar surface area (TPSA) is 29.0 Å². The van der Waals surface area contributed by atoms with Gasteiger partial charge in [-0.2, -0.15) is 0 Å². The van der Waals surface area contributed by atoms with Crippen LogP contribution in [-0.4, -0.2) is 29.4 Å². The van der Waals surface area contributed by atoms with Crippen LogP contribution in [0.4, 0.5) is 0 Å². The van der Waals surface area contributed by atoms with Gasteiger partial charge in [0.2, 0.25) is 0 Å². The molecular weight excluding hydrogens is 148 g/mol. The Kier molecular flexibility index (Phi) is 2.18. The summed E-state index contributed by atoms with van der Waals surface area (Å²) in [6.45, 7) is 0. The lowest BCUT2D eigenvalue weighted by Gasteiger charge is -2.17. The summed E-state index contributed by atoms with van der Waals surface area (Å²) in [4.78, 5) is 0. The molecule has 2 aliphatic carbocycles. The zero-order valence-corrected chi connectivity index (χ0v) is 7.92. The molecule has 12 heavy (non-hydrogen) atoms. The first kappa shape index (κ1) is 8.24. The van der Waals surface area contributed by atoms with E-state index in [1.54, 1.807) is 5.71 Å².